The van der Waals surface area contributed by atoms with E-state index in [9.17, 15) is 38.1 Å². The van der Waals surface area contributed by atoms with Gasteiger partial charge < -0.3 is 10.6 Å². The van der Waals surface area contributed by atoms with Gasteiger partial charge in [-0.3, -0.25) is 19.7 Å². The number of aryl methyl sites for hydroxylation is 1. The molecule has 0 bridgehead atoms. The third-order valence-electron chi connectivity index (χ3n) is 4.78. The second-order valence-electron chi connectivity index (χ2n) is 7.07. The number of nitro groups is 1. The fourth-order valence-electron chi connectivity index (χ4n) is 3.17. The van der Waals surface area contributed by atoms with Crippen molar-refractivity contribution in [1.29, 1.82) is 5.26 Å². The average Bonchev–Trinajstić information content (AvgIpc) is 3.25. The molecule has 0 unspecified atom stereocenters. The standard InChI is InChI=1S/C21H14ClF3N6O4/c1-10-5-12(22)6-14(19(32)27-2)18(10)28-20(33)16-8-17(21(23,24)25)29-30(16)15-7-13(31(34)35)4-3-11(15)9-26/h3-8H,1-2H3,(H,27,32)(H,28,33). The number of alkyl halides is 3. The van der Waals surface area contributed by atoms with Crippen LogP contribution >= 0.6 is 11.6 Å². The second kappa shape index (κ2) is 9.43. The van der Waals surface area contributed by atoms with Gasteiger partial charge in [-0.1, -0.05) is 11.6 Å². The normalized spacial score (nSPS) is 11.0. The van der Waals surface area contributed by atoms with Crippen LogP contribution in [0.4, 0.5) is 24.5 Å². The fraction of sp³-hybridized carbons (Fsp3) is 0.143. The molecule has 0 aliphatic heterocycles. The van der Waals surface area contributed by atoms with Crippen molar-refractivity contribution in [3.8, 4) is 11.8 Å². The van der Waals surface area contributed by atoms with Crippen molar-refractivity contribution < 1.29 is 27.7 Å². The maximum absolute atomic E-state index is 13.5. The van der Waals surface area contributed by atoms with Crippen molar-refractivity contribution in [2.24, 2.45) is 0 Å². The highest BCUT2D eigenvalue weighted by Crippen LogP contribution is 2.32. The van der Waals surface area contributed by atoms with E-state index in [1.54, 1.807) is 6.07 Å². The second-order valence-corrected chi connectivity index (χ2v) is 7.51. The Morgan fingerprint density at radius 1 is 1.20 bits per heavy atom. The molecule has 0 saturated carbocycles. The molecule has 0 aliphatic carbocycles. The molecular weight excluding hydrogens is 493 g/mol. The maximum Gasteiger partial charge on any atom is 0.435 e. The highest BCUT2D eigenvalue weighted by atomic mass is 35.5. The van der Waals surface area contributed by atoms with E-state index < -0.39 is 45.7 Å². The summed E-state index contributed by atoms with van der Waals surface area (Å²) in [6.45, 7) is 1.51. The molecule has 1 aromatic heterocycles. The summed E-state index contributed by atoms with van der Waals surface area (Å²) < 4.78 is 40.9. The van der Waals surface area contributed by atoms with Crippen LogP contribution in [0, 0.1) is 28.4 Å². The summed E-state index contributed by atoms with van der Waals surface area (Å²) in [5, 5.41) is 28.9. The summed E-state index contributed by atoms with van der Waals surface area (Å²) >= 11 is 5.99. The van der Waals surface area contributed by atoms with Crippen LogP contribution in [0.1, 0.15) is 37.7 Å². The summed E-state index contributed by atoms with van der Waals surface area (Å²) in [4.78, 5) is 35.8. The molecule has 0 radical (unpaired) electrons. The number of amides is 2. The number of anilines is 1. The molecule has 1 heterocycles. The van der Waals surface area contributed by atoms with E-state index >= 15 is 0 Å². The molecule has 14 heteroatoms. The number of nitro benzene ring substituents is 1. The van der Waals surface area contributed by atoms with E-state index in [-0.39, 0.29) is 21.8 Å². The SMILES string of the molecule is CNC(=O)c1cc(Cl)cc(C)c1NC(=O)c1cc(C(F)(F)F)nn1-c1cc([N+](=O)[O-])ccc1C#N. The Labute approximate surface area is 200 Å². The van der Waals surface area contributed by atoms with E-state index in [1.165, 1.54) is 26.1 Å². The minimum Gasteiger partial charge on any atom is -0.355 e. The van der Waals surface area contributed by atoms with Crippen molar-refractivity contribution in [3.05, 3.63) is 79.6 Å². The Kier molecular flexibility index (Phi) is 6.79. The molecule has 35 heavy (non-hydrogen) atoms. The Bertz CT molecular complexity index is 1410. The predicted octanol–water partition coefficient (Wildman–Crippen LogP) is 4.24. The highest BCUT2D eigenvalue weighted by molar-refractivity contribution is 6.31. The average molecular weight is 507 g/mol. The molecule has 3 aromatic rings. The molecule has 3 rings (SSSR count). The minimum absolute atomic E-state index is 0.0281. The van der Waals surface area contributed by atoms with Crippen LogP contribution in [0.25, 0.3) is 5.69 Å². The number of non-ortho nitro benzene ring substituents is 1. The molecule has 2 N–H and O–H groups in total. The lowest BCUT2D eigenvalue weighted by Gasteiger charge is -2.15. The third-order valence-corrected chi connectivity index (χ3v) is 5.00. The maximum atomic E-state index is 13.5. The number of rotatable bonds is 5. The smallest absolute Gasteiger partial charge is 0.355 e. The van der Waals surface area contributed by atoms with Gasteiger partial charge in [0, 0.05) is 30.3 Å². The van der Waals surface area contributed by atoms with Crippen LogP contribution in [0.15, 0.2) is 36.4 Å². The first-order chi connectivity index (χ1) is 16.4. The number of carbonyl (C=O) groups is 2. The van der Waals surface area contributed by atoms with Gasteiger partial charge in [0.25, 0.3) is 17.5 Å². The lowest BCUT2D eigenvalue weighted by Crippen LogP contribution is -2.23. The Balaban J connectivity index is 2.21. The van der Waals surface area contributed by atoms with Crippen LogP contribution in [0.2, 0.25) is 5.02 Å². The zero-order chi connectivity index (χ0) is 26.1. The number of aromatic nitrogens is 2. The molecule has 2 amide bonds. The van der Waals surface area contributed by atoms with Gasteiger partial charge in [-0.15, -0.1) is 0 Å². The number of nitrogens with one attached hydrogen (secondary N) is 2. The molecular formula is C21H14ClF3N6O4. The lowest BCUT2D eigenvalue weighted by atomic mass is 10.1. The Hall–Kier alpha value is -4.44. The topological polar surface area (TPSA) is 143 Å². The molecule has 2 aromatic carbocycles. The number of nitriles is 1. The minimum atomic E-state index is -4.97. The van der Waals surface area contributed by atoms with Crippen molar-refractivity contribution in [2.45, 2.75) is 13.1 Å². The zero-order valence-electron chi connectivity index (χ0n) is 17.9. The quantitative estimate of drug-likeness (QED) is 0.391. The van der Waals surface area contributed by atoms with Crippen molar-refractivity contribution in [2.75, 3.05) is 12.4 Å². The number of nitrogens with zero attached hydrogens (tertiary/aromatic N) is 4. The number of hydrogen-bond acceptors (Lipinski definition) is 6. The predicted molar refractivity (Wildman–Crippen MR) is 117 cm³/mol. The Morgan fingerprint density at radius 3 is 2.46 bits per heavy atom. The first kappa shape index (κ1) is 25.2. The Morgan fingerprint density at radius 2 is 1.89 bits per heavy atom. The fourth-order valence-corrected chi connectivity index (χ4v) is 3.44. The molecule has 10 nitrogen and oxygen atoms in total. The molecule has 0 aliphatic rings. The van der Waals surface area contributed by atoms with Gasteiger partial charge in [-0.05, 0) is 30.7 Å². The zero-order valence-corrected chi connectivity index (χ0v) is 18.7. The summed E-state index contributed by atoms with van der Waals surface area (Å²) in [7, 11) is 1.33. The van der Waals surface area contributed by atoms with E-state index in [0.717, 1.165) is 18.2 Å². The van der Waals surface area contributed by atoms with Gasteiger partial charge >= 0.3 is 6.18 Å². The van der Waals surface area contributed by atoms with Crippen LogP contribution in [0.3, 0.4) is 0 Å². The van der Waals surface area contributed by atoms with Gasteiger partial charge in [0.05, 0.1) is 27.4 Å². The summed E-state index contributed by atoms with van der Waals surface area (Å²) in [6.07, 6.45) is -4.97. The molecule has 180 valence electrons. The van der Waals surface area contributed by atoms with Gasteiger partial charge in [0.1, 0.15) is 11.8 Å². The summed E-state index contributed by atoms with van der Waals surface area (Å²) in [6, 6.07) is 7.66. The van der Waals surface area contributed by atoms with E-state index in [2.05, 4.69) is 15.7 Å². The van der Waals surface area contributed by atoms with Gasteiger partial charge in [-0.2, -0.15) is 23.5 Å². The molecule has 0 spiro atoms. The van der Waals surface area contributed by atoms with Crippen LogP contribution in [-0.2, 0) is 6.18 Å². The lowest BCUT2D eigenvalue weighted by molar-refractivity contribution is -0.384. The van der Waals surface area contributed by atoms with E-state index in [1.807, 2.05) is 0 Å². The first-order valence-corrected chi connectivity index (χ1v) is 9.95. The van der Waals surface area contributed by atoms with Gasteiger partial charge in [0.15, 0.2) is 5.69 Å². The van der Waals surface area contributed by atoms with Crippen LogP contribution in [0.5, 0.6) is 0 Å². The van der Waals surface area contributed by atoms with Crippen molar-refractivity contribution >= 4 is 34.8 Å². The van der Waals surface area contributed by atoms with Crippen LogP contribution in [-0.4, -0.2) is 33.6 Å². The van der Waals surface area contributed by atoms with Gasteiger partial charge in [-0.25, -0.2) is 4.68 Å². The highest BCUT2D eigenvalue weighted by Gasteiger charge is 2.37. The van der Waals surface area contributed by atoms with Crippen molar-refractivity contribution in [1.82, 2.24) is 15.1 Å². The first-order valence-electron chi connectivity index (χ1n) is 9.57. The van der Waals surface area contributed by atoms with Crippen LogP contribution < -0.4 is 10.6 Å². The number of carbonyl (C=O) groups excluding carboxylic acids is 2. The monoisotopic (exact) mass is 506 g/mol. The largest absolute Gasteiger partial charge is 0.435 e. The summed E-state index contributed by atoms with van der Waals surface area (Å²) in [5.74, 6) is -1.75. The molecule has 0 saturated heterocycles. The third kappa shape index (κ3) is 5.07. The number of benzene rings is 2. The number of hydrogen-bond donors (Lipinski definition) is 2. The molecule has 0 fully saturated rings. The van der Waals surface area contributed by atoms with Gasteiger partial charge in [0.2, 0.25) is 0 Å². The van der Waals surface area contributed by atoms with E-state index in [0.29, 0.717) is 16.3 Å². The van der Waals surface area contributed by atoms with E-state index in [4.69, 9.17) is 11.6 Å². The number of halogens is 4. The molecule has 0 atom stereocenters. The summed E-state index contributed by atoms with van der Waals surface area (Å²) in [5.41, 5.74) is -3.13. The van der Waals surface area contributed by atoms with Crippen molar-refractivity contribution in [3.63, 3.8) is 0 Å².